The zero-order valence-electron chi connectivity index (χ0n) is 22.2. The first-order valence-electron chi connectivity index (χ1n) is 13.2. The SMILES string of the molecule is COC(=O)C1=C(CCc2ccccc2)N(CCOC(=O)c2ccccc2)C(=O)NC1c1ccc2ccccc2c1. The average molecular weight is 535 g/mol. The van der Waals surface area contributed by atoms with E-state index in [9.17, 15) is 14.4 Å². The smallest absolute Gasteiger partial charge is 0.338 e. The van der Waals surface area contributed by atoms with Crippen LogP contribution in [-0.4, -0.2) is 43.1 Å². The molecule has 40 heavy (non-hydrogen) atoms. The molecule has 5 rings (SSSR count). The van der Waals surface area contributed by atoms with Crippen LogP contribution in [0, 0.1) is 0 Å². The summed E-state index contributed by atoms with van der Waals surface area (Å²) in [7, 11) is 1.34. The summed E-state index contributed by atoms with van der Waals surface area (Å²) in [5.41, 5.74) is 3.19. The van der Waals surface area contributed by atoms with E-state index >= 15 is 0 Å². The molecule has 1 unspecified atom stereocenters. The van der Waals surface area contributed by atoms with Gasteiger partial charge >= 0.3 is 18.0 Å². The van der Waals surface area contributed by atoms with Crippen molar-refractivity contribution in [2.24, 2.45) is 0 Å². The molecule has 0 saturated heterocycles. The van der Waals surface area contributed by atoms with Crippen molar-refractivity contribution in [1.29, 1.82) is 0 Å². The second-order valence-electron chi connectivity index (χ2n) is 9.48. The molecule has 0 spiro atoms. The number of benzene rings is 4. The van der Waals surface area contributed by atoms with Gasteiger partial charge in [-0.3, -0.25) is 4.90 Å². The number of carbonyl (C=O) groups is 3. The predicted octanol–water partition coefficient (Wildman–Crippen LogP) is 5.82. The Labute approximate surface area is 233 Å². The van der Waals surface area contributed by atoms with Gasteiger partial charge in [-0.05, 0) is 52.9 Å². The van der Waals surface area contributed by atoms with Crippen molar-refractivity contribution in [3.05, 3.63) is 131 Å². The number of hydrogen-bond acceptors (Lipinski definition) is 5. The van der Waals surface area contributed by atoms with E-state index in [1.54, 1.807) is 24.3 Å². The van der Waals surface area contributed by atoms with Gasteiger partial charge in [-0.1, -0.05) is 84.9 Å². The van der Waals surface area contributed by atoms with Gasteiger partial charge in [0.15, 0.2) is 0 Å². The van der Waals surface area contributed by atoms with Crippen LogP contribution < -0.4 is 5.32 Å². The molecule has 1 aliphatic heterocycles. The van der Waals surface area contributed by atoms with E-state index in [1.165, 1.54) is 12.0 Å². The van der Waals surface area contributed by atoms with E-state index in [2.05, 4.69) is 5.32 Å². The lowest BCUT2D eigenvalue weighted by Crippen LogP contribution is -2.49. The zero-order chi connectivity index (χ0) is 27.9. The minimum absolute atomic E-state index is 0.0366. The van der Waals surface area contributed by atoms with Crippen molar-refractivity contribution in [3.8, 4) is 0 Å². The summed E-state index contributed by atoms with van der Waals surface area (Å²) in [6.07, 6.45) is 1.02. The van der Waals surface area contributed by atoms with E-state index in [0.29, 0.717) is 29.7 Å². The van der Waals surface area contributed by atoms with Crippen molar-refractivity contribution >= 4 is 28.7 Å². The minimum atomic E-state index is -0.696. The number of hydrogen-bond donors (Lipinski definition) is 1. The Balaban J connectivity index is 1.49. The Morgan fingerprint density at radius 1 is 0.800 bits per heavy atom. The van der Waals surface area contributed by atoms with Crippen LogP contribution in [-0.2, 0) is 20.7 Å². The highest BCUT2D eigenvalue weighted by molar-refractivity contribution is 5.95. The highest BCUT2D eigenvalue weighted by Crippen LogP contribution is 2.34. The lowest BCUT2D eigenvalue weighted by Gasteiger charge is -2.36. The second-order valence-corrected chi connectivity index (χ2v) is 9.48. The van der Waals surface area contributed by atoms with Gasteiger partial charge in [0, 0.05) is 5.70 Å². The number of allylic oxidation sites excluding steroid dienone is 1. The summed E-state index contributed by atoms with van der Waals surface area (Å²) < 4.78 is 10.7. The van der Waals surface area contributed by atoms with Gasteiger partial charge in [0.2, 0.25) is 0 Å². The van der Waals surface area contributed by atoms with E-state index in [0.717, 1.165) is 21.9 Å². The molecule has 0 bridgehead atoms. The van der Waals surface area contributed by atoms with Crippen molar-refractivity contribution in [3.63, 3.8) is 0 Å². The number of fused-ring (bicyclic) bond motifs is 1. The second kappa shape index (κ2) is 12.3. The molecule has 1 N–H and O–H groups in total. The molecule has 2 amide bonds. The van der Waals surface area contributed by atoms with Gasteiger partial charge in [0.05, 0.1) is 30.8 Å². The number of methoxy groups -OCH3 is 1. The lowest BCUT2D eigenvalue weighted by molar-refractivity contribution is -0.136. The van der Waals surface area contributed by atoms with Crippen LogP contribution in [0.1, 0.15) is 33.9 Å². The average Bonchev–Trinajstić information content (AvgIpc) is 3.01. The summed E-state index contributed by atoms with van der Waals surface area (Å²) in [4.78, 5) is 40.9. The Hall–Kier alpha value is -4.91. The number of urea groups is 1. The highest BCUT2D eigenvalue weighted by atomic mass is 16.5. The third-order valence-electron chi connectivity index (χ3n) is 7.00. The first kappa shape index (κ1) is 26.7. The molecular formula is C33H30N2O5. The van der Waals surface area contributed by atoms with Crippen LogP contribution in [0.3, 0.4) is 0 Å². The fourth-order valence-corrected chi connectivity index (χ4v) is 4.99. The molecule has 7 heteroatoms. The number of nitrogens with zero attached hydrogens (tertiary/aromatic N) is 1. The zero-order valence-corrected chi connectivity index (χ0v) is 22.2. The largest absolute Gasteiger partial charge is 0.466 e. The quantitative estimate of drug-likeness (QED) is 0.274. The van der Waals surface area contributed by atoms with E-state index in [1.807, 2.05) is 78.9 Å². The van der Waals surface area contributed by atoms with Gasteiger partial charge in [-0.2, -0.15) is 0 Å². The molecule has 0 aromatic heterocycles. The molecule has 4 aromatic carbocycles. The van der Waals surface area contributed by atoms with Crippen LogP contribution in [0.4, 0.5) is 4.79 Å². The lowest BCUT2D eigenvalue weighted by atomic mass is 9.91. The maximum Gasteiger partial charge on any atom is 0.338 e. The van der Waals surface area contributed by atoms with Gasteiger partial charge in [-0.15, -0.1) is 0 Å². The molecule has 202 valence electrons. The minimum Gasteiger partial charge on any atom is -0.466 e. The van der Waals surface area contributed by atoms with Crippen molar-refractivity contribution in [2.45, 2.75) is 18.9 Å². The Morgan fingerprint density at radius 3 is 2.20 bits per heavy atom. The standard InChI is InChI=1S/C33H30N2O5/c1-39-32(37)29-28(19-16-23-10-4-2-5-11-23)35(20-21-40-31(36)25-13-6-3-7-14-25)33(38)34-30(29)27-18-17-24-12-8-9-15-26(24)22-27/h2-15,17-18,22,30H,16,19-21H2,1H3,(H,34,38). The molecular weight excluding hydrogens is 504 g/mol. The molecule has 7 nitrogen and oxygen atoms in total. The third-order valence-corrected chi connectivity index (χ3v) is 7.00. The molecule has 1 atom stereocenters. The summed E-state index contributed by atoms with van der Waals surface area (Å²) in [6, 6.07) is 31.3. The fourth-order valence-electron chi connectivity index (χ4n) is 4.99. The normalized spacial score (nSPS) is 15.1. The number of aryl methyl sites for hydroxylation is 1. The predicted molar refractivity (Wildman–Crippen MR) is 152 cm³/mol. The van der Waals surface area contributed by atoms with Gasteiger partial charge in [-0.25, -0.2) is 14.4 Å². The van der Waals surface area contributed by atoms with Crippen LogP contribution in [0.5, 0.6) is 0 Å². The summed E-state index contributed by atoms with van der Waals surface area (Å²) in [5.74, 6) is -0.998. The monoisotopic (exact) mass is 534 g/mol. The highest BCUT2D eigenvalue weighted by Gasteiger charge is 2.38. The number of ether oxygens (including phenoxy) is 2. The Bertz CT molecular complexity index is 1550. The van der Waals surface area contributed by atoms with Crippen molar-refractivity contribution < 1.29 is 23.9 Å². The number of rotatable bonds is 9. The maximum atomic E-state index is 13.6. The summed E-state index contributed by atoms with van der Waals surface area (Å²) in [6.45, 7) is 0.0462. The topological polar surface area (TPSA) is 84.9 Å². The van der Waals surface area contributed by atoms with Crippen molar-refractivity contribution in [1.82, 2.24) is 10.2 Å². The first-order chi connectivity index (χ1) is 19.5. The van der Waals surface area contributed by atoms with E-state index in [4.69, 9.17) is 9.47 Å². The van der Waals surface area contributed by atoms with Gasteiger partial charge < -0.3 is 14.8 Å². The van der Waals surface area contributed by atoms with Crippen LogP contribution in [0.2, 0.25) is 0 Å². The van der Waals surface area contributed by atoms with Crippen molar-refractivity contribution in [2.75, 3.05) is 20.3 Å². The number of carbonyl (C=O) groups excluding carboxylic acids is 3. The van der Waals surface area contributed by atoms with Crippen LogP contribution in [0.25, 0.3) is 10.8 Å². The third kappa shape index (κ3) is 5.89. The number of nitrogens with one attached hydrogen (secondary N) is 1. The summed E-state index contributed by atoms with van der Waals surface area (Å²) in [5, 5.41) is 5.06. The number of amides is 2. The molecule has 0 saturated carbocycles. The summed E-state index contributed by atoms with van der Waals surface area (Å²) >= 11 is 0. The number of esters is 2. The van der Waals surface area contributed by atoms with Gasteiger partial charge in [0.25, 0.3) is 0 Å². The molecule has 0 fully saturated rings. The first-order valence-corrected chi connectivity index (χ1v) is 13.2. The molecule has 1 heterocycles. The van der Waals surface area contributed by atoms with Gasteiger partial charge in [0.1, 0.15) is 6.61 Å². The Morgan fingerprint density at radius 2 is 1.48 bits per heavy atom. The van der Waals surface area contributed by atoms with Crippen LogP contribution in [0.15, 0.2) is 114 Å². The fraction of sp³-hybridized carbons (Fsp3) is 0.182. The van der Waals surface area contributed by atoms with E-state index < -0.39 is 18.0 Å². The molecule has 1 aliphatic rings. The Kier molecular flexibility index (Phi) is 8.21. The van der Waals surface area contributed by atoms with Crippen LogP contribution >= 0.6 is 0 Å². The molecule has 0 aliphatic carbocycles. The molecule has 0 radical (unpaired) electrons. The van der Waals surface area contributed by atoms with E-state index in [-0.39, 0.29) is 19.2 Å². The molecule has 4 aromatic rings. The maximum absolute atomic E-state index is 13.6.